The maximum absolute atomic E-state index is 13.1. The van der Waals surface area contributed by atoms with Crippen LogP contribution in [-0.4, -0.2) is 46.3 Å². The van der Waals surface area contributed by atoms with Gasteiger partial charge in [0.25, 0.3) is 5.91 Å². The van der Waals surface area contributed by atoms with Crippen molar-refractivity contribution in [3.8, 4) is 0 Å². The Hall–Kier alpha value is -2.89. The van der Waals surface area contributed by atoms with Gasteiger partial charge in [0.1, 0.15) is 0 Å². The van der Waals surface area contributed by atoms with Gasteiger partial charge in [0.2, 0.25) is 0 Å². The molecular formula is C23H27N3O3. The van der Waals surface area contributed by atoms with Crippen LogP contribution < -0.4 is 0 Å². The fraction of sp³-hybridized carbons (Fsp3) is 0.435. The predicted molar refractivity (Wildman–Crippen MR) is 109 cm³/mol. The molecule has 0 radical (unpaired) electrons. The first-order valence-electron chi connectivity index (χ1n) is 10.3. The van der Waals surface area contributed by atoms with Crippen molar-refractivity contribution in [2.24, 2.45) is 23.7 Å². The van der Waals surface area contributed by atoms with Crippen LogP contribution in [0, 0.1) is 23.7 Å². The van der Waals surface area contributed by atoms with Crippen LogP contribution in [0.15, 0.2) is 54.9 Å². The van der Waals surface area contributed by atoms with Gasteiger partial charge in [-0.2, -0.15) is 5.10 Å². The van der Waals surface area contributed by atoms with Crippen LogP contribution in [0.5, 0.6) is 0 Å². The van der Waals surface area contributed by atoms with Crippen LogP contribution in [0.2, 0.25) is 0 Å². The molecule has 2 heterocycles. The molecule has 6 nitrogen and oxygen atoms in total. The van der Waals surface area contributed by atoms with E-state index in [2.05, 4.69) is 17.3 Å². The minimum absolute atomic E-state index is 0.0256. The Labute approximate surface area is 171 Å². The fourth-order valence-corrected chi connectivity index (χ4v) is 4.57. The van der Waals surface area contributed by atoms with Gasteiger partial charge in [0.05, 0.1) is 30.8 Å². The number of likely N-dealkylation sites (tertiary alicyclic amines) is 1. The fourth-order valence-electron chi connectivity index (χ4n) is 4.57. The standard InChI is InChI=1S/C23H27N3O3/c1-3-29-23(28)21-16(2)9-10-18-13-25(15-20(18)21)22(27)19-11-24-26(14-19)12-17-7-5-4-6-8-17/h4-11,14,16,18,20-21H,3,12-13,15H2,1-2H3/t16-,18-,20-,21-/m0/s1. The molecule has 1 aliphatic heterocycles. The van der Waals surface area contributed by atoms with E-state index < -0.39 is 0 Å². The molecule has 4 rings (SSSR count). The lowest BCUT2D eigenvalue weighted by Crippen LogP contribution is -2.37. The first-order chi connectivity index (χ1) is 14.1. The van der Waals surface area contributed by atoms with E-state index in [-0.39, 0.29) is 35.5 Å². The monoisotopic (exact) mass is 393 g/mol. The number of allylic oxidation sites excluding steroid dienone is 1. The first-order valence-corrected chi connectivity index (χ1v) is 10.3. The number of amides is 1. The highest BCUT2D eigenvalue weighted by molar-refractivity contribution is 5.94. The third-order valence-corrected chi connectivity index (χ3v) is 6.02. The van der Waals surface area contributed by atoms with Crippen LogP contribution in [0.4, 0.5) is 0 Å². The molecule has 2 aliphatic rings. The van der Waals surface area contributed by atoms with Gasteiger partial charge in [-0.25, -0.2) is 0 Å². The largest absolute Gasteiger partial charge is 0.466 e. The molecule has 0 unspecified atom stereocenters. The molecular weight excluding hydrogens is 366 g/mol. The van der Waals surface area contributed by atoms with E-state index in [4.69, 9.17) is 4.74 Å². The molecule has 29 heavy (non-hydrogen) atoms. The van der Waals surface area contributed by atoms with Gasteiger partial charge < -0.3 is 9.64 Å². The average Bonchev–Trinajstić information content (AvgIpc) is 3.35. The Morgan fingerprint density at radius 2 is 1.97 bits per heavy atom. The SMILES string of the molecule is CCOC(=O)[C@@H]1[C@H]2CN(C(=O)c3cnn(Cc4ccccc4)c3)C[C@@H]2C=C[C@@H]1C. The van der Waals surface area contributed by atoms with Crippen molar-refractivity contribution in [2.45, 2.75) is 20.4 Å². The van der Waals surface area contributed by atoms with Crippen LogP contribution in [-0.2, 0) is 16.1 Å². The Balaban J connectivity index is 1.46. The van der Waals surface area contributed by atoms with Crippen molar-refractivity contribution in [1.82, 2.24) is 14.7 Å². The summed E-state index contributed by atoms with van der Waals surface area (Å²) in [6.07, 6.45) is 7.69. The number of hydrogen-bond donors (Lipinski definition) is 0. The lowest BCUT2D eigenvalue weighted by molar-refractivity contribution is -0.152. The van der Waals surface area contributed by atoms with Gasteiger partial charge in [0.15, 0.2) is 0 Å². The van der Waals surface area contributed by atoms with Gasteiger partial charge in [0, 0.05) is 19.3 Å². The Bertz CT molecular complexity index is 905. The molecule has 4 atom stereocenters. The molecule has 1 aliphatic carbocycles. The lowest BCUT2D eigenvalue weighted by Gasteiger charge is -2.31. The van der Waals surface area contributed by atoms with Gasteiger partial charge in [-0.15, -0.1) is 0 Å². The zero-order valence-electron chi connectivity index (χ0n) is 16.9. The van der Waals surface area contributed by atoms with Crippen molar-refractivity contribution in [3.05, 3.63) is 66.0 Å². The van der Waals surface area contributed by atoms with Crippen LogP contribution in [0.25, 0.3) is 0 Å². The minimum atomic E-state index is -0.191. The summed E-state index contributed by atoms with van der Waals surface area (Å²) < 4.78 is 7.10. The third kappa shape index (κ3) is 3.97. The Morgan fingerprint density at radius 3 is 2.72 bits per heavy atom. The van der Waals surface area contributed by atoms with Crippen molar-refractivity contribution >= 4 is 11.9 Å². The molecule has 0 saturated carbocycles. The second kappa shape index (κ2) is 8.23. The normalized spacial score (nSPS) is 25.7. The van der Waals surface area contributed by atoms with Gasteiger partial charge in [-0.3, -0.25) is 14.3 Å². The number of ether oxygens (including phenoxy) is 1. The summed E-state index contributed by atoms with van der Waals surface area (Å²) in [6, 6.07) is 10.0. The van der Waals surface area contributed by atoms with Crippen molar-refractivity contribution < 1.29 is 14.3 Å². The van der Waals surface area contributed by atoms with Gasteiger partial charge in [-0.05, 0) is 30.2 Å². The highest BCUT2D eigenvalue weighted by Crippen LogP contribution is 2.40. The Morgan fingerprint density at radius 1 is 1.17 bits per heavy atom. The average molecular weight is 393 g/mol. The molecule has 6 heteroatoms. The van der Waals surface area contributed by atoms with E-state index in [0.29, 0.717) is 31.8 Å². The molecule has 0 spiro atoms. The zero-order valence-corrected chi connectivity index (χ0v) is 16.9. The molecule has 152 valence electrons. The Kier molecular flexibility index (Phi) is 5.51. The number of nitrogens with zero attached hydrogens (tertiary/aromatic N) is 3. The molecule has 1 aromatic carbocycles. The molecule has 0 N–H and O–H groups in total. The maximum atomic E-state index is 13.1. The van der Waals surface area contributed by atoms with Gasteiger partial charge in [-0.1, -0.05) is 49.4 Å². The summed E-state index contributed by atoms with van der Waals surface area (Å²) in [5.41, 5.74) is 1.72. The molecule has 1 amide bonds. The number of aromatic nitrogens is 2. The van der Waals surface area contributed by atoms with Crippen molar-refractivity contribution in [2.75, 3.05) is 19.7 Å². The number of carbonyl (C=O) groups excluding carboxylic acids is 2. The first kappa shape index (κ1) is 19.4. The molecule has 1 aromatic heterocycles. The maximum Gasteiger partial charge on any atom is 0.309 e. The summed E-state index contributed by atoms with van der Waals surface area (Å²) in [7, 11) is 0. The van der Waals surface area contributed by atoms with E-state index in [1.807, 2.05) is 49.1 Å². The van der Waals surface area contributed by atoms with Crippen molar-refractivity contribution in [3.63, 3.8) is 0 Å². The molecule has 1 saturated heterocycles. The number of rotatable bonds is 5. The van der Waals surface area contributed by atoms with Gasteiger partial charge >= 0.3 is 5.97 Å². The topological polar surface area (TPSA) is 64.4 Å². The zero-order chi connectivity index (χ0) is 20.4. The predicted octanol–water partition coefficient (Wildman–Crippen LogP) is 3.00. The smallest absolute Gasteiger partial charge is 0.309 e. The van der Waals surface area contributed by atoms with E-state index in [1.165, 1.54) is 0 Å². The number of fused-ring (bicyclic) bond motifs is 1. The van der Waals surface area contributed by atoms with E-state index >= 15 is 0 Å². The van der Waals surface area contributed by atoms with E-state index in [1.54, 1.807) is 17.1 Å². The highest BCUT2D eigenvalue weighted by atomic mass is 16.5. The summed E-state index contributed by atoms with van der Waals surface area (Å²) in [6.45, 7) is 6.09. The van der Waals surface area contributed by atoms with Crippen LogP contribution >= 0.6 is 0 Å². The number of hydrogen-bond acceptors (Lipinski definition) is 4. The molecule has 0 bridgehead atoms. The van der Waals surface area contributed by atoms with Crippen LogP contribution in [0.1, 0.15) is 29.8 Å². The van der Waals surface area contributed by atoms with Crippen molar-refractivity contribution in [1.29, 1.82) is 0 Å². The summed E-state index contributed by atoms with van der Waals surface area (Å²) in [5, 5.41) is 4.36. The summed E-state index contributed by atoms with van der Waals surface area (Å²) in [4.78, 5) is 27.4. The third-order valence-electron chi connectivity index (χ3n) is 6.02. The highest BCUT2D eigenvalue weighted by Gasteiger charge is 2.46. The van der Waals surface area contributed by atoms with E-state index in [9.17, 15) is 9.59 Å². The molecule has 2 aromatic rings. The number of esters is 1. The molecule has 1 fully saturated rings. The lowest BCUT2D eigenvalue weighted by atomic mass is 9.72. The summed E-state index contributed by atoms with van der Waals surface area (Å²) in [5.74, 6) is 0.0653. The quantitative estimate of drug-likeness (QED) is 0.579. The second-order valence-electron chi connectivity index (χ2n) is 7.97. The summed E-state index contributed by atoms with van der Waals surface area (Å²) >= 11 is 0. The second-order valence-corrected chi connectivity index (χ2v) is 7.97. The minimum Gasteiger partial charge on any atom is -0.466 e. The van der Waals surface area contributed by atoms with Crippen LogP contribution in [0.3, 0.4) is 0 Å². The number of carbonyl (C=O) groups is 2. The number of benzene rings is 1. The van der Waals surface area contributed by atoms with E-state index in [0.717, 1.165) is 5.56 Å².